The molecule has 8 heteroatoms. The van der Waals surface area contributed by atoms with Crippen LogP contribution in [-0.2, 0) is 22.4 Å². The molecule has 1 aliphatic rings. The number of hydrogen-bond donors (Lipinski definition) is 0. The van der Waals surface area contributed by atoms with E-state index in [2.05, 4.69) is 0 Å². The first-order chi connectivity index (χ1) is 16.4. The molecule has 178 valence electrons. The minimum Gasteiger partial charge on any atom is -0.497 e. The lowest BCUT2D eigenvalue weighted by Gasteiger charge is -2.35. The first-order valence-electron chi connectivity index (χ1n) is 11.3. The lowest BCUT2D eigenvalue weighted by atomic mass is 10.0. The Morgan fingerprint density at radius 1 is 1.00 bits per heavy atom. The molecule has 0 N–H and O–H groups in total. The smallest absolute Gasteiger partial charge is 0.339 e. The molecule has 1 aromatic heterocycles. The maximum Gasteiger partial charge on any atom is 0.339 e. The Hall–Kier alpha value is -3.68. The number of rotatable bonds is 6. The molecule has 1 saturated heterocycles. The van der Waals surface area contributed by atoms with Crippen LogP contribution < -0.4 is 10.4 Å². The number of hydrogen-bond acceptors (Lipinski definition) is 5. The molecule has 2 amide bonds. The van der Waals surface area contributed by atoms with Gasteiger partial charge in [-0.2, -0.15) is 0 Å². The van der Waals surface area contributed by atoms with Gasteiger partial charge in [-0.1, -0.05) is 12.1 Å². The molecule has 2 heterocycles. The molecule has 2 aromatic carbocycles. The van der Waals surface area contributed by atoms with E-state index in [0.717, 1.165) is 16.5 Å². The molecule has 0 atom stereocenters. The Bertz CT molecular complexity index is 1260. The molecule has 4 rings (SSSR count). The van der Waals surface area contributed by atoms with Gasteiger partial charge in [-0.3, -0.25) is 9.59 Å². The topological polar surface area (TPSA) is 80.1 Å². The van der Waals surface area contributed by atoms with Gasteiger partial charge >= 0.3 is 5.63 Å². The molecule has 1 fully saturated rings. The molecule has 0 bridgehead atoms. The van der Waals surface area contributed by atoms with Gasteiger partial charge in [0.1, 0.15) is 17.1 Å². The number of ether oxygens (including phenoxy) is 1. The van der Waals surface area contributed by atoms with Crippen LogP contribution >= 0.6 is 0 Å². The van der Waals surface area contributed by atoms with E-state index >= 15 is 0 Å². The maximum absolute atomic E-state index is 13.0. The van der Waals surface area contributed by atoms with E-state index in [9.17, 15) is 18.8 Å². The molecule has 0 spiro atoms. The van der Waals surface area contributed by atoms with Gasteiger partial charge in [0.15, 0.2) is 0 Å². The maximum atomic E-state index is 13.0. The number of carbonyl (C=O) groups excluding carboxylic acids is 2. The fraction of sp³-hybridized carbons (Fsp3) is 0.346. The average Bonchev–Trinajstić information content (AvgIpc) is 2.84. The Morgan fingerprint density at radius 3 is 2.29 bits per heavy atom. The van der Waals surface area contributed by atoms with Gasteiger partial charge in [-0.15, -0.1) is 0 Å². The molecule has 7 nitrogen and oxygen atoms in total. The monoisotopic (exact) mass is 466 g/mol. The van der Waals surface area contributed by atoms with Gasteiger partial charge in [0, 0.05) is 49.6 Å². The van der Waals surface area contributed by atoms with Crippen LogP contribution in [0.5, 0.6) is 5.75 Å². The van der Waals surface area contributed by atoms with Crippen molar-refractivity contribution in [2.24, 2.45) is 0 Å². The van der Waals surface area contributed by atoms with Gasteiger partial charge < -0.3 is 19.0 Å². The summed E-state index contributed by atoms with van der Waals surface area (Å²) in [5.74, 6) is 0.174. The quantitative estimate of drug-likeness (QED) is 0.522. The molecule has 0 saturated carbocycles. The molecule has 0 aliphatic carbocycles. The standard InChI is InChI=1S/C26H27FN2O5/c1-17-21-8-7-20(33-2)16-23(21)34-26(32)22(17)9-10-24(30)28-11-13-29(14-12-28)25(31)15-18-3-5-19(27)6-4-18/h3-8,16H,9-15H2,1-2H3. The van der Waals surface area contributed by atoms with Crippen LogP contribution in [0.4, 0.5) is 4.39 Å². The van der Waals surface area contributed by atoms with Crippen LogP contribution in [-0.4, -0.2) is 54.9 Å². The highest BCUT2D eigenvalue weighted by Crippen LogP contribution is 2.24. The van der Waals surface area contributed by atoms with Gasteiger partial charge in [0.25, 0.3) is 0 Å². The summed E-state index contributed by atoms with van der Waals surface area (Å²) in [4.78, 5) is 41.3. The van der Waals surface area contributed by atoms with Crippen molar-refractivity contribution >= 4 is 22.8 Å². The van der Waals surface area contributed by atoms with Gasteiger partial charge in [-0.25, -0.2) is 9.18 Å². The molecule has 1 aliphatic heterocycles. The Morgan fingerprint density at radius 2 is 1.65 bits per heavy atom. The number of methoxy groups -OCH3 is 1. The number of aryl methyl sites for hydroxylation is 1. The molecular formula is C26H27FN2O5. The van der Waals surface area contributed by atoms with Crippen molar-refractivity contribution in [2.45, 2.75) is 26.2 Å². The molecule has 3 aromatic rings. The Balaban J connectivity index is 1.33. The second-order valence-corrected chi connectivity index (χ2v) is 8.42. The molecule has 0 radical (unpaired) electrons. The lowest BCUT2D eigenvalue weighted by molar-refractivity contribution is -0.139. The summed E-state index contributed by atoms with van der Waals surface area (Å²) in [7, 11) is 1.55. The van der Waals surface area contributed by atoms with Crippen molar-refractivity contribution < 1.29 is 23.1 Å². The van der Waals surface area contributed by atoms with Gasteiger partial charge in [0.05, 0.1) is 13.5 Å². The molecule has 0 unspecified atom stereocenters. The summed E-state index contributed by atoms with van der Waals surface area (Å²) in [6, 6.07) is 11.2. The second-order valence-electron chi connectivity index (χ2n) is 8.42. The van der Waals surface area contributed by atoms with E-state index in [4.69, 9.17) is 9.15 Å². The van der Waals surface area contributed by atoms with Crippen molar-refractivity contribution in [1.82, 2.24) is 9.80 Å². The highest BCUT2D eigenvalue weighted by molar-refractivity contribution is 5.83. The first-order valence-corrected chi connectivity index (χ1v) is 11.3. The molecule has 34 heavy (non-hydrogen) atoms. The summed E-state index contributed by atoms with van der Waals surface area (Å²) < 4.78 is 23.7. The first kappa shape index (κ1) is 23.5. The van der Waals surface area contributed by atoms with Crippen LogP contribution in [0.25, 0.3) is 11.0 Å². The van der Waals surface area contributed by atoms with E-state index in [1.807, 2.05) is 13.0 Å². The van der Waals surface area contributed by atoms with Crippen molar-refractivity contribution in [2.75, 3.05) is 33.3 Å². The summed E-state index contributed by atoms with van der Waals surface area (Å²) in [6.07, 6.45) is 0.687. The summed E-state index contributed by atoms with van der Waals surface area (Å²) in [5, 5.41) is 0.816. The van der Waals surface area contributed by atoms with Crippen LogP contribution in [0.15, 0.2) is 51.7 Å². The zero-order valence-electron chi connectivity index (χ0n) is 19.3. The largest absolute Gasteiger partial charge is 0.497 e. The van der Waals surface area contributed by atoms with Crippen molar-refractivity contribution in [3.8, 4) is 5.75 Å². The van der Waals surface area contributed by atoms with E-state index in [1.54, 1.807) is 41.2 Å². The Kier molecular flexibility index (Phi) is 6.95. The van der Waals surface area contributed by atoms with E-state index in [1.165, 1.54) is 12.1 Å². The van der Waals surface area contributed by atoms with E-state index in [-0.39, 0.29) is 30.5 Å². The van der Waals surface area contributed by atoms with E-state index in [0.29, 0.717) is 49.5 Å². The number of fused-ring (bicyclic) bond motifs is 1. The fourth-order valence-corrected chi connectivity index (χ4v) is 4.27. The number of nitrogens with zero attached hydrogens (tertiary/aromatic N) is 2. The normalized spacial score (nSPS) is 13.9. The minimum atomic E-state index is -0.442. The van der Waals surface area contributed by atoms with E-state index < -0.39 is 5.63 Å². The third-order valence-corrected chi connectivity index (χ3v) is 6.34. The Labute approximate surface area is 196 Å². The van der Waals surface area contributed by atoms with Gasteiger partial charge in [0.2, 0.25) is 11.8 Å². The number of carbonyl (C=O) groups is 2. The number of benzene rings is 2. The highest BCUT2D eigenvalue weighted by Gasteiger charge is 2.24. The summed E-state index contributed by atoms with van der Waals surface area (Å²) in [6.45, 7) is 3.64. The fourth-order valence-electron chi connectivity index (χ4n) is 4.27. The van der Waals surface area contributed by atoms with Crippen LogP contribution in [0, 0.1) is 12.7 Å². The summed E-state index contributed by atoms with van der Waals surface area (Å²) >= 11 is 0. The van der Waals surface area contributed by atoms with Gasteiger partial charge in [-0.05, 0) is 48.7 Å². The highest BCUT2D eigenvalue weighted by atomic mass is 19.1. The van der Waals surface area contributed by atoms with Crippen molar-refractivity contribution in [3.63, 3.8) is 0 Å². The third kappa shape index (κ3) is 5.11. The van der Waals surface area contributed by atoms with Crippen LogP contribution in [0.1, 0.15) is 23.1 Å². The number of piperazine rings is 1. The van der Waals surface area contributed by atoms with Crippen LogP contribution in [0.3, 0.4) is 0 Å². The van der Waals surface area contributed by atoms with Crippen molar-refractivity contribution in [3.05, 3.63) is 75.4 Å². The third-order valence-electron chi connectivity index (χ3n) is 6.34. The molecular weight excluding hydrogens is 439 g/mol. The zero-order valence-corrected chi connectivity index (χ0v) is 19.3. The minimum absolute atomic E-state index is 0.0419. The predicted molar refractivity (Wildman–Crippen MR) is 125 cm³/mol. The summed E-state index contributed by atoms with van der Waals surface area (Å²) in [5.41, 5.74) is 2.07. The predicted octanol–water partition coefficient (Wildman–Crippen LogP) is 3.10. The SMILES string of the molecule is COc1ccc2c(C)c(CCC(=O)N3CCN(C(=O)Cc4ccc(F)cc4)CC3)c(=O)oc2c1. The second kappa shape index (κ2) is 10.1. The zero-order chi connectivity index (χ0) is 24.2. The number of amides is 2. The van der Waals surface area contributed by atoms with Crippen molar-refractivity contribution in [1.29, 1.82) is 0 Å². The number of halogens is 1. The lowest BCUT2D eigenvalue weighted by Crippen LogP contribution is -2.51. The average molecular weight is 467 g/mol. The van der Waals surface area contributed by atoms with Crippen LogP contribution in [0.2, 0.25) is 0 Å².